The summed E-state index contributed by atoms with van der Waals surface area (Å²) in [7, 11) is 0. The summed E-state index contributed by atoms with van der Waals surface area (Å²) in [5.74, 6) is -4.75. The van der Waals surface area contributed by atoms with Crippen LogP contribution in [-0.2, 0) is 38.2 Å². The molecule has 1 N–H and O–H groups in total. The van der Waals surface area contributed by atoms with Gasteiger partial charge in [0.25, 0.3) is 0 Å². The van der Waals surface area contributed by atoms with Crippen LogP contribution in [0.15, 0.2) is 0 Å². The van der Waals surface area contributed by atoms with Crippen molar-refractivity contribution in [2.45, 2.75) is 46.0 Å². The molecular weight excluding hydrogens is 300 g/mol. The van der Waals surface area contributed by atoms with Gasteiger partial charge in [-0.2, -0.15) is 0 Å². The van der Waals surface area contributed by atoms with Crippen molar-refractivity contribution in [1.82, 2.24) is 0 Å². The van der Waals surface area contributed by atoms with Crippen LogP contribution in [-0.4, -0.2) is 59.5 Å². The van der Waals surface area contributed by atoms with E-state index >= 15 is 0 Å². The average Bonchev–Trinajstić information content (AvgIpc) is 2.38. The first-order valence-electron chi connectivity index (χ1n) is 6.27. The lowest BCUT2D eigenvalue weighted by molar-refractivity contribution is -0.188. The van der Waals surface area contributed by atoms with Crippen LogP contribution in [0, 0.1) is 0 Å². The molecule has 0 rings (SSSR count). The summed E-state index contributed by atoms with van der Waals surface area (Å²) in [5.41, 5.74) is 0. The summed E-state index contributed by atoms with van der Waals surface area (Å²) < 4.78 is 14.3. The van der Waals surface area contributed by atoms with Gasteiger partial charge in [-0.15, -0.1) is 0 Å². The minimum absolute atomic E-state index is 0.819. The fourth-order valence-electron chi connectivity index (χ4n) is 1.59. The Bertz CT molecular complexity index is 468. The molecule has 9 heteroatoms. The topological polar surface area (TPSA) is 133 Å². The normalized spacial score (nSPS) is 14.2. The molecule has 0 radical (unpaired) electrons. The molecule has 0 saturated heterocycles. The SMILES string of the molecule is CC(=O)O[C@H]([C@H](CO)OC(C)=O)[C@H](OC(C)=O)C(=O)C(C)=O. The minimum Gasteiger partial charge on any atom is -0.456 e. The Labute approximate surface area is 126 Å². The van der Waals surface area contributed by atoms with E-state index in [9.17, 15) is 29.1 Å². The fourth-order valence-corrected chi connectivity index (χ4v) is 1.59. The Kier molecular flexibility index (Phi) is 7.95. The predicted octanol–water partition coefficient (Wildman–Crippen LogP) is -1.07. The van der Waals surface area contributed by atoms with E-state index in [0.29, 0.717) is 0 Å². The molecular formula is C13H18O9. The molecule has 0 aliphatic carbocycles. The molecule has 0 aromatic rings. The highest BCUT2D eigenvalue weighted by Gasteiger charge is 2.42. The number of ether oxygens (including phenoxy) is 3. The highest BCUT2D eigenvalue weighted by molar-refractivity contribution is 6.38. The van der Waals surface area contributed by atoms with Gasteiger partial charge in [0.1, 0.15) is 0 Å². The maximum atomic E-state index is 11.9. The van der Waals surface area contributed by atoms with Crippen LogP contribution in [0.2, 0.25) is 0 Å². The van der Waals surface area contributed by atoms with Crippen LogP contribution in [0.25, 0.3) is 0 Å². The van der Waals surface area contributed by atoms with Crippen molar-refractivity contribution >= 4 is 29.5 Å². The van der Waals surface area contributed by atoms with Gasteiger partial charge >= 0.3 is 17.9 Å². The molecule has 9 nitrogen and oxygen atoms in total. The van der Waals surface area contributed by atoms with E-state index in [2.05, 4.69) is 0 Å². The third-order valence-corrected chi connectivity index (χ3v) is 2.36. The molecule has 124 valence electrons. The van der Waals surface area contributed by atoms with E-state index in [-0.39, 0.29) is 0 Å². The molecule has 0 aromatic heterocycles. The molecule has 3 atom stereocenters. The van der Waals surface area contributed by atoms with Crippen molar-refractivity contribution < 1.29 is 43.3 Å². The second-order valence-corrected chi connectivity index (χ2v) is 4.35. The molecule has 0 heterocycles. The van der Waals surface area contributed by atoms with Crippen LogP contribution >= 0.6 is 0 Å². The Morgan fingerprint density at radius 1 is 0.818 bits per heavy atom. The summed E-state index contributed by atoms with van der Waals surface area (Å²) in [6.07, 6.45) is -4.95. The largest absolute Gasteiger partial charge is 0.456 e. The van der Waals surface area contributed by atoms with E-state index in [1.54, 1.807) is 0 Å². The van der Waals surface area contributed by atoms with Crippen molar-refractivity contribution in [3.63, 3.8) is 0 Å². The highest BCUT2D eigenvalue weighted by Crippen LogP contribution is 2.15. The van der Waals surface area contributed by atoms with Gasteiger partial charge in [-0.1, -0.05) is 0 Å². The predicted molar refractivity (Wildman–Crippen MR) is 69.4 cm³/mol. The summed E-state index contributed by atoms with van der Waals surface area (Å²) in [4.78, 5) is 56.4. The summed E-state index contributed by atoms with van der Waals surface area (Å²) in [5, 5.41) is 9.26. The third-order valence-electron chi connectivity index (χ3n) is 2.36. The van der Waals surface area contributed by atoms with Gasteiger partial charge in [0, 0.05) is 27.7 Å². The monoisotopic (exact) mass is 318 g/mol. The number of hydrogen-bond donors (Lipinski definition) is 1. The number of Topliss-reactive ketones (excluding diaryl/α,β-unsaturated/α-hetero) is 2. The van der Waals surface area contributed by atoms with E-state index in [0.717, 1.165) is 27.7 Å². The molecule has 0 fully saturated rings. The average molecular weight is 318 g/mol. The van der Waals surface area contributed by atoms with Gasteiger partial charge in [-0.3, -0.25) is 24.0 Å². The number of esters is 3. The maximum Gasteiger partial charge on any atom is 0.303 e. The number of ketones is 2. The van der Waals surface area contributed by atoms with Crippen molar-refractivity contribution in [3.8, 4) is 0 Å². The molecule has 0 aliphatic rings. The van der Waals surface area contributed by atoms with Crippen LogP contribution in [0.4, 0.5) is 0 Å². The third kappa shape index (κ3) is 6.44. The number of aliphatic hydroxyl groups is 1. The van der Waals surface area contributed by atoms with E-state index < -0.39 is 54.4 Å². The van der Waals surface area contributed by atoms with Gasteiger partial charge < -0.3 is 19.3 Å². The van der Waals surface area contributed by atoms with Crippen LogP contribution in [0.3, 0.4) is 0 Å². The Morgan fingerprint density at radius 2 is 1.27 bits per heavy atom. The smallest absolute Gasteiger partial charge is 0.303 e. The Balaban J connectivity index is 5.65. The van der Waals surface area contributed by atoms with Gasteiger partial charge in [-0.25, -0.2) is 0 Å². The lowest BCUT2D eigenvalue weighted by Gasteiger charge is -2.29. The number of carbonyl (C=O) groups is 5. The quantitative estimate of drug-likeness (QED) is 0.337. The fraction of sp³-hybridized carbons (Fsp3) is 0.615. The van der Waals surface area contributed by atoms with Crippen molar-refractivity contribution in [2.75, 3.05) is 6.61 Å². The Morgan fingerprint density at radius 3 is 1.59 bits per heavy atom. The van der Waals surface area contributed by atoms with E-state index in [1.807, 2.05) is 0 Å². The molecule has 0 aromatic carbocycles. The van der Waals surface area contributed by atoms with Crippen molar-refractivity contribution in [2.24, 2.45) is 0 Å². The zero-order chi connectivity index (χ0) is 17.4. The van der Waals surface area contributed by atoms with E-state index in [4.69, 9.17) is 14.2 Å². The van der Waals surface area contributed by atoms with Gasteiger partial charge in [0.05, 0.1) is 6.61 Å². The first-order chi connectivity index (χ1) is 10.1. The highest BCUT2D eigenvalue weighted by atomic mass is 16.6. The van der Waals surface area contributed by atoms with Crippen molar-refractivity contribution in [1.29, 1.82) is 0 Å². The number of carbonyl (C=O) groups excluding carboxylic acids is 5. The number of hydrogen-bond acceptors (Lipinski definition) is 9. The lowest BCUT2D eigenvalue weighted by Crippen LogP contribution is -2.51. The minimum atomic E-state index is -1.82. The summed E-state index contributed by atoms with van der Waals surface area (Å²) >= 11 is 0. The van der Waals surface area contributed by atoms with Gasteiger partial charge in [0.2, 0.25) is 11.9 Å². The second kappa shape index (κ2) is 8.88. The van der Waals surface area contributed by atoms with Gasteiger partial charge in [0.15, 0.2) is 18.0 Å². The van der Waals surface area contributed by atoms with Crippen LogP contribution in [0.1, 0.15) is 27.7 Å². The van der Waals surface area contributed by atoms with Crippen LogP contribution < -0.4 is 0 Å². The molecule has 0 unspecified atom stereocenters. The lowest BCUT2D eigenvalue weighted by atomic mass is 10.0. The first kappa shape index (κ1) is 19.7. The standard InChI is InChI=1S/C13H18O9/c1-6(15)11(19)13(22-9(4)18)12(21-8(3)17)10(5-14)20-7(2)16/h10,12-14H,5H2,1-4H3/t10-,12+,13+/m0/s1. The molecule has 0 bridgehead atoms. The number of rotatable bonds is 8. The number of aliphatic hydroxyl groups excluding tert-OH is 1. The maximum absolute atomic E-state index is 11.9. The second-order valence-electron chi connectivity index (χ2n) is 4.35. The first-order valence-corrected chi connectivity index (χ1v) is 6.27. The van der Waals surface area contributed by atoms with E-state index in [1.165, 1.54) is 0 Å². The molecule has 22 heavy (non-hydrogen) atoms. The zero-order valence-electron chi connectivity index (χ0n) is 12.7. The summed E-state index contributed by atoms with van der Waals surface area (Å²) in [6, 6.07) is 0. The molecule has 0 spiro atoms. The zero-order valence-corrected chi connectivity index (χ0v) is 12.7. The van der Waals surface area contributed by atoms with Gasteiger partial charge in [-0.05, 0) is 0 Å². The molecule has 0 saturated carbocycles. The Hall–Kier alpha value is -2.29. The van der Waals surface area contributed by atoms with Crippen molar-refractivity contribution in [3.05, 3.63) is 0 Å². The van der Waals surface area contributed by atoms with Crippen LogP contribution in [0.5, 0.6) is 0 Å². The molecule has 0 aliphatic heterocycles. The molecule has 0 amide bonds. The summed E-state index contributed by atoms with van der Waals surface area (Å²) in [6.45, 7) is 3.12.